The van der Waals surface area contributed by atoms with Crippen molar-refractivity contribution in [2.75, 3.05) is 19.7 Å². The van der Waals surface area contributed by atoms with Crippen LogP contribution in [0.1, 0.15) is 12.8 Å². The van der Waals surface area contributed by atoms with E-state index >= 15 is 0 Å². The zero-order valence-corrected chi connectivity index (χ0v) is 13.0. The van der Waals surface area contributed by atoms with E-state index in [0.29, 0.717) is 15.8 Å². The molecule has 3 N–H and O–H groups in total. The van der Waals surface area contributed by atoms with Crippen LogP contribution in [0.5, 0.6) is 5.75 Å². The Balaban J connectivity index is 1.73. The number of carbonyl (C=O) groups is 1. The highest BCUT2D eigenvalue weighted by Gasteiger charge is 2.22. The van der Waals surface area contributed by atoms with E-state index in [2.05, 4.69) is 10.6 Å². The van der Waals surface area contributed by atoms with Crippen molar-refractivity contribution in [3.8, 4) is 5.75 Å². The number of amides is 1. The van der Waals surface area contributed by atoms with Crippen LogP contribution >= 0.6 is 23.2 Å². The maximum Gasteiger partial charge on any atom is 0.237 e. The summed E-state index contributed by atoms with van der Waals surface area (Å²) < 4.78 is 5.40. The quantitative estimate of drug-likeness (QED) is 0.740. The topological polar surface area (TPSA) is 70.6 Å². The second-order valence-corrected chi connectivity index (χ2v) is 5.70. The SMILES string of the molecule is O=C(NC[C@@H](O)COc1cccc(Cl)c1Cl)[C@@H]1CCCN1. The third-order valence-corrected chi connectivity index (χ3v) is 4.04. The molecule has 1 aliphatic heterocycles. The lowest BCUT2D eigenvalue weighted by atomic mass is 10.2. The Kier molecular flexibility index (Phi) is 6.11. The lowest BCUT2D eigenvalue weighted by Crippen LogP contribution is -2.44. The smallest absolute Gasteiger partial charge is 0.237 e. The maximum atomic E-state index is 11.8. The molecule has 0 bridgehead atoms. The largest absolute Gasteiger partial charge is 0.489 e. The highest BCUT2D eigenvalue weighted by Crippen LogP contribution is 2.31. The number of aliphatic hydroxyl groups excluding tert-OH is 1. The predicted octanol–water partition coefficient (Wildman–Crippen LogP) is 1.60. The van der Waals surface area contributed by atoms with E-state index in [0.717, 1.165) is 19.4 Å². The van der Waals surface area contributed by atoms with Crippen molar-refractivity contribution in [2.45, 2.75) is 25.0 Å². The standard InChI is InChI=1S/C14H18Cl2N2O3/c15-10-3-1-5-12(13(10)16)21-8-9(19)7-18-14(20)11-4-2-6-17-11/h1,3,5,9,11,17,19H,2,4,6-8H2,(H,18,20)/t9-,11+/m1/s1. The first-order valence-corrected chi connectivity index (χ1v) is 7.59. The molecule has 0 aliphatic carbocycles. The normalized spacial score (nSPS) is 19.3. The van der Waals surface area contributed by atoms with E-state index in [-0.39, 0.29) is 25.1 Å². The van der Waals surface area contributed by atoms with Crippen molar-refractivity contribution in [1.29, 1.82) is 0 Å². The first kappa shape index (κ1) is 16.4. The monoisotopic (exact) mass is 332 g/mol. The van der Waals surface area contributed by atoms with Gasteiger partial charge in [0.25, 0.3) is 0 Å². The van der Waals surface area contributed by atoms with Crippen LogP contribution in [0, 0.1) is 0 Å². The maximum absolute atomic E-state index is 11.8. The minimum Gasteiger partial charge on any atom is -0.489 e. The molecular formula is C14H18Cl2N2O3. The Labute approximate surface area is 133 Å². The van der Waals surface area contributed by atoms with Crippen LogP contribution < -0.4 is 15.4 Å². The lowest BCUT2D eigenvalue weighted by Gasteiger charge is -2.16. The fraction of sp³-hybridized carbons (Fsp3) is 0.500. The number of hydrogen-bond acceptors (Lipinski definition) is 4. The van der Waals surface area contributed by atoms with E-state index in [4.69, 9.17) is 27.9 Å². The average molecular weight is 333 g/mol. The van der Waals surface area contributed by atoms with E-state index in [1.54, 1.807) is 18.2 Å². The number of rotatable bonds is 6. The molecule has 1 heterocycles. The van der Waals surface area contributed by atoms with Gasteiger partial charge < -0.3 is 20.5 Å². The van der Waals surface area contributed by atoms with Crippen molar-refractivity contribution in [3.05, 3.63) is 28.2 Å². The van der Waals surface area contributed by atoms with Crippen molar-refractivity contribution >= 4 is 29.1 Å². The molecule has 116 valence electrons. The van der Waals surface area contributed by atoms with Crippen LogP contribution in [-0.4, -0.2) is 42.9 Å². The van der Waals surface area contributed by atoms with Crippen molar-refractivity contribution in [3.63, 3.8) is 0 Å². The van der Waals surface area contributed by atoms with Crippen LogP contribution in [0.3, 0.4) is 0 Å². The molecule has 1 saturated heterocycles. The molecule has 2 rings (SSSR count). The number of aliphatic hydroxyl groups is 1. The highest BCUT2D eigenvalue weighted by molar-refractivity contribution is 6.42. The van der Waals surface area contributed by atoms with Gasteiger partial charge >= 0.3 is 0 Å². The van der Waals surface area contributed by atoms with Gasteiger partial charge in [-0.05, 0) is 31.5 Å². The molecule has 21 heavy (non-hydrogen) atoms. The van der Waals surface area contributed by atoms with Gasteiger partial charge in [0.2, 0.25) is 5.91 Å². The molecule has 0 aromatic heterocycles. The summed E-state index contributed by atoms with van der Waals surface area (Å²) in [6, 6.07) is 4.88. The Hall–Kier alpha value is -1.01. The fourth-order valence-corrected chi connectivity index (χ4v) is 2.44. The van der Waals surface area contributed by atoms with Gasteiger partial charge in [0.15, 0.2) is 0 Å². The third kappa shape index (κ3) is 4.74. The second kappa shape index (κ2) is 7.84. The average Bonchev–Trinajstić information content (AvgIpc) is 3.00. The van der Waals surface area contributed by atoms with E-state index in [1.807, 2.05) is 0 Å². The Morgan fingerprint density at radius 2 is 2.33 bits per heavy atom. The van der Waals surface area contributed by atoms with Crippen molar-refractivity contribution in [1.82, 2.24) is 10.6 Å². The van der Waals surface area contributed by atoms with E-state index < -0.39 is 6.10 Å². The summed E-state index contributed by atoms with van der Waals surface area (Å²) in [7, 11) is 0. The molecule has 0 unspecified atom stereocenters. The lowest BCUT2D eigenvalue weighted by molar-refractivity contribution is -0.123. The van der Waals surface area contributed by atoms with Crippen molar-refractivity contribution < 1.29 is 14.6 Å². The number of halogens is 2. The zero-order valence-electron chi connectivity index (χ0n) is 11.4. The molecule has 5 nitrogen and oxygen atoms in total. The summed E-state index contributed by atoms with van der Waals surface area (Å²) in [6.45, 7) is 1.02. The van der Waals surface area contributed by atoms with Gasteiger partial charge in [-0.2, -0.15) is 0 Å². The number of hydrogen-bond donors (Lipinski definition) is 3. The molecule has 1 aliphatic rings. The molecule has 1 amide bonds. The Morgan fingerprint density at radius 1 is 1.52 bits per heavy atom. The molecule has 0 saturated carbocycles. The summed E-state index contributed by atoms with van der Waals surface area (Å²) in [4.78, 5) is 11.8. The van der Waals surface area contributed by atoms with Crippen LogP contribution in [0.15, 0.2) is 18.2 Å². The predicted molar refractivity (Wildman–Crippen MR) is 82.0 cm³/mol. The highest BCUT2D eigenvalue weighted by atomic mass is 35.5. The summed E-state index contributed by atoms with van der Waals surface area (Å²) in [5, 5.41) is 16.3. The van der Waals surface area contributed by atoms with E-state index in [1.165, 1.54) is 0 Å². The summed E-state index contributed by atoms with van der Waals surface area (Å²) in [5.41, 5.74) is 0. The molecule has 0 radical (unpaired) electrons. The summed E-state index contributed by atoms with van der Waals surface area (Å²) in [6.07, 6.45) is 1.01. The molecule has 0 spiro atoms. The van der Waals surface area contributed by atoms with Gasteiger partial charge in [0.1, 0.15) is 23.5 Å². The molecule has 1 fully saturated rings. The number of ether oxygens (including phenoxy) is 1. The first-order valence-electron chi connectivity index (χ1n) is 6.84. The Morgan fingerprint density at radius 3 is 3.05 bits per heavy atom. The van der Waals surface area contributed by atoms with Crippen LogP contribution in [0.2, 0.25) is 10.0 Å². The minimum absolute atomic E-state index is 0.0262. The molecule has 1 aromatic carbocycles. The van der Waals surface area contributed by atoms with Crippen LogP contribution in [0.4, 0.5) is 0 Å². The molecule has 7 heteroatoms. The third-order valence-electron chi connectivity index (χ3n) is 3.24. The second-order valence-electron chi connectivity index (χ2n) is 4.91. The van der Waals surface area contributed by atoms with Crippen LogP contribution in [0.25, 0.3) is 0 Å². The minimum atomic E-state index is -0.814. The van der Waals surface area contributed by atoms with Crippen LogP contribution in [-0.2, 0) is 4.79 Å². The number of benzene rings is 1. The summed E-state index contributed by atoms with van der Waals surface area (Å²) in [5.74, 6) is 0.319. The molecular weight excluding hydrogens is 315 g/mol. The van der Waals surface area contributed by atoms with Gasteiger partial charge in [-0.3, -0.25) is 4.79 Å². The van der Waals surface area contributed by atoms with E-state index in [9.17, 15) is 9.90 Å². The first-order chi connectivity index (χ1) is 10.1. The Bertz CT molecular complexity index is 493. The van der Waals surface area contributed by atoms with Gasteiger partial charge in [0.05, 0.1) is 11.1 Å². The zero-order chi connectivity index (χ0) is 15.2. The van der Waals surface area contributed by atoms with Crippen molar-refractivity contribution in [2.24, 2.45) is 0 Å². The van der Waals surface area contributed by atoms with Gasteiger partial charge in [0, 0.05) is 6.54 Å². The number of nitrogens with one attached hydrogen (secondary N) is 2. The van der Waals surface area contributed by atoms with Gasteiger partial charge in [-0.15, -0.1) is 0 Å². The molecule has 2 atom stereocenters. The van der Waals surface area contributed by atoms with Gasteiger partial charge in [-0.1, -0.05) is 29.3 Å². The van der Waals surface area contributed by atoms with Gasteiger partial charge in [-0.25, -0.2) is 0 Å². The molecule has 1 aromatic rings. The number of carbonyl (C=O) groups excluding carboxylic acids is 1. The summed E-state index contributed by atoms with van der Waals surface area (Å²) >= 11 is 11.8. The fourth-order valence-electron chi connectivity index (χ4n) is 2.09.